The molecular weight excluding hydrogens is 234 g/mol. The van der Waals surface area contributed by atoms with Gasteiger partial charge >= 0.3 is 0 Å². The molecule has 5 nitrogen and oxygen atoms in total. The first-order valence-electron chi connectivity index (χ1n) is 5.71. The van der Waals surface area contributed by atoms with Gasteiger partial charge in [-0.05, 0) is 17.6 Å². The molecule has 1 aliphatic carbocycles. The zero-order chi connectivity index (χ0) is 13.1. The minimum atomic E-state index is -0.521. The fourth-order valence-corrected chi connectivity index (χ4v) is 2.25. The molecule has 0 heterocycles. The molecule has 0 bridgehead atoms. The average Bonchev–Trinajstić information content (AvgIpc) is 2.68. The summed E-state index contributed by atoms with van der Waals surface area (Å²) in [5.41, 5.74) is 1.24. The van der Waals surface area contributed by atoms with Gasteiger partial charge < -0.3 is 5.11 Å². The van der Waals surface area contributed by atoms with Crippen LogP contribution in [0.1, 0.15) is 24.3 Å². The second-order valence-electron chi connectivity index (χ2n) is 4.28. The maximum Gasteiger partial charge on any atom is 0.214 e. The van der Waals surface area contributed by atoms with E-state index in [0.717, 1.165) is 5.56 Å². The summed E-state index contributed by atoms with van der Waals surface area (Å²) >= 11 is 0. The zero-order valence-corrected chi connectivity index (χ0v) is 9.70. The van der Waals surface area contributed by atoms with E-state index in [1.54, 1.807) is 24.3 Å². The van der Waals surface area contributed by atoms with E-state index in [9.17, 15) is 20.0 Å². The monoisotopic (exact) mass is 247 g/mol. The molecule has 1 aromatic rings. The van der Waals surface area contributed by atoms with Gasteiger partial charge in [0, 0.05) is 11.3 Å². The molecule has 18 heavy (non-hydrogen) atoms. The van der Waals surface area contributed by atoms with Crippen molar-refractivity contribution in [3.05, 3.63) is 57.3 Å². The normalized spacial score (nSPS) is 17.0. The molecule has 1 atom stereocenters. The van der Waals surface area contributed by atoms with Crippen LogP contribution in [0.4, 0.5) is 0 Å². The lowest BCUT2D eigenvalue weighted by Crippen LogP contribution is -2.15. The molecule has 0 aromatic heterocycles. The molecule has 0 saturated carbocycles. The van der Waals surface area contributed by atoms with Crippen molar-refractivity contribution in [3.63, 3.8) is 0 Å². The number of nitro groups is 1. The number of aliphatic hydroxyl groups is 1. The first kappa shape index (κ1) is 12.3. The third-order valence-electron chi connectivity index (χ3n) is 3.14. The highest BCUT2D eigenvalue weighted by Crippen LogP contribution is 2.34. The molecule has 0 unspecified atom stereocenters. The highest BCUT2D eigenvalue weighted by molar-refractivity contribution is 5.96. The number of aliphatic hydroxyl groups excluding tert-OH is 1. The SMILES string of the molecule is O=C1CCC([C@H](C[N+](=O)[O-])c2ccccc2)=C1O. The van der Waals surface area contributed by atoms with Gasteiger partial charge in [0.25, 0.3) is 0 Å². The smallest absolute Gasteiger partial charge is 0.214 e. The van der Waals surface area contributed by atoms with Crippen LogP contribution in [0, 0.1) is 10.1 Å². The fourth-order valence-electron chi connectivity index (χ4n) is 2.25. The number of carbonyl (C=O) groups excluding carboxylic acids is 1. The number of benzene rings is 1. The summed E-state index contributed by atoms with van der Waals surface area (Å²) < 4.78 is 0. The predicted octanol–water partition coefficient (Wildman–Crippen LogP) is 2.22. The molecule has 0 aliphatic heterocycles. The van der Waals surface area contributed by atoms with Crippen molar-refractivity contribution in [2.75, 3.05) is 6.54 Å². The van der Waals surface area contributed by atoms with Crippen molar-refractivity contribution in [2.45, 2.75) is 18.8 Å². The van der Waals surface area contributed by atoms with Crippen molar-refractivity contribution in [3.8, 4) is 0 Å². The number of ketones is 1. The Kier molecular flexibility index (Phi) is 3.41. The number of allylic oxidation sites excluding steroid dienone is 1. The van der Waals surface area contributed by atoms with Crippen LogP contribution in [0.25, 0.3) is 0 Å². The van der Waals surface area contributed by atoms with E-state index < -0.39 is 10.8 Å². The van der Waals surface area contributed by atoms with Gasteiger partial charge in [0.05, 0.1) is 5.92 Å². The third-order valence-corrected chi connectivity index (χ3v) is 3.14. The minimum Gasteiger partial charge on any atom is -0.504 e. The lowest BCUT2D eigenvalue weighted by atomic mass is 9.90. The molecule has 1 N–H and O–H groups in total. The molecule has 0 amide bonds. The van der Waals surface area contributed by atoms with Crippen LogP contribution in [0.2, 0.25) is 0 Å². The summed E-state index contributed by atoms with van der Waals surface area (Å²) in [6, 6.07) is 8.95. The maximum atomic E-state index is 11.3. The van der Waals surface area contributed by atoms with E-state index in [1.165, 1.54) is 0 Å². The molecule has 94 valence electrons. The third kappa shape index (κ3) is 2.40. The lowest BCUT2D eigenvalue weighted by molar-refractivity contribution is -0.482. The predicted molar refractivity (Wildman–Crippen MR) is 64.9 cm³/mol. The summed E-state index contributed by atoms with van der Waals surface area (Å²) in [6.07, 6.45) is 0.639. The maximum absolute atomic E-state index is 11.3. The van der Waals surface area contributed by atoms with Crippen LogP contribution in [-0.4, -0.2) is 22.4 Å². The standard InChI is InChI=1S/C13H13NO4/c15-12-7-6-10(13(12)16)11(8-14(17)18)9-4-2-1-3-5-9/h1-5,11,16H,6-8H2/t11-/m1/s1. The van der Waals surface area contributed by atoms with Crippen LogP contribution < -0.4 is 0 Å². The Morgan fingerprint density at radius 1 is 1.28 bits per heavy atom. The van der Waals surface area contributed by atoms with Gasteiger partial charge in [-0.25, -0.2) is 0 Å². The van der Waals surface area contributed by atoms with Gasteiger partial charge in [-0.2, -0.15) is 0 Å². The molecule has 1 aromatic carbocycles. The fraction of sp³-hybridized carbons (Fsp3) is 0.308. The van der Waals surface area contributed by atoms with E-state index >= 15 is 0 Å². The first-order valence-corrected chi connectivity index (χ1v) is 5.71. The number of rotatable bonds is 4. The van der Waals surface area contributed by atoms with E-state index in [2.05, 4.69) is 0 Å². The van der Waals surface area contributed by atoms with Gasteiger partial charge in [-0.15, -0.1) is 0 Å². The van der Waals surface area contributed by atoms with Crippen molar-refractivity contribution in [1.29, 1.82) is 0 Å². The largest absolute Gasteiger partial charge is 0.504 e. The van der Waals surface area contributed by atoms with Crippen LogP contribution in [-0.2, 0) is 4.79 Å². The van der Waals surface area contributed by atoms with E-state index in [0.29, 0.717) is 12.0 Å². The summed E-state index contributed by atoms with van der Waals surface area (Å²) in [5.74, 6) is -1.13. The van der Waals surface area contributed by atoms with Gasteiger partial charge in [-0.1, -0.05) is 30.3 Å². The zero-order valence-electron chi connectivity index (χ0n) is 9.70. The highest BCUT2D eigenvalue weighted by atomic mass is 16.6. The summed E-state index contributed by atoms with van der Waals surface area (Å²) in [4.78, 5) is 21.7. The second-order valence-corrected chi connectivity index (χ2v) is 4.28. The quantitative estimate of drug-likeness (QED) is 0.653. The lowest BCUT2D eigenvalue weighted by Gasteiger charge is -2.14. The van der Waals surface area contributed by atoms with E-state index in [4.69, 9.17) is 0 Å². The van der Waals surface area contributed by atoms with Crippen molar-refractivity contribution in [1.82, 2.24) is 0 Å². The van der Waals surface area contributed by atoms with Gasteiger partial charge in [0.1, 0.15) is 0 Å². The number of nitrogens with zero attached hydrogens (tertiary/aromatic N) is 1. The Bertz CT molecular complexity index is 507. The van der Waals surface area contributed by atoms with Gasteiger partial charge in [-0.3, -0.25) is 14.9 Å². The molecule has 0 fully saturated rings. The summed E-state index contributed by atoms with van der Waals surface area (Å²) in [5, 5.41) is 20.5. The second kappa shape index (κ2) is 5.00. The molecule has 0 radical (unpaired) electrons. The average molecular weight is 247 g/mol. The molecule has 5 heteroatoms. The molecule has 0 saturated heterocycles. The number of hydrogen-bond acceptors (Lipinski definition) is 4. The van der Waals surface area contributed by atoms with Crippen LogP contribution in [0.3, 0.4) is 0 Å². The molecule has 2 rings (SSSR count). The Morgan fingerprint density at radius 3 is 2.44 bits per heavy atom. The van der Waals surface area contributed by atoms with Gasteiger partial charge in [0.15, 0.2) is 11.5 Å². The summed E-state index contributed by atoms with van der Waals surface area (Å²) in [6.45, 7) is -0.309. The Labute approximate surface area is 104 Å². The number of hydrogen-bond donors (Lipinski definition) is 1. The Balaban J connectivity index is 2.38. The topological polar surface area (TPSA) is 80.4 Å². The molecular formula is C13H13NO4. The molecule has 0 spiro atoms. The van der Waals surface area contributed by atoms with Crippen molar-refractivity contribution >= 4 is 5.78 Å². The van der Waals surface area contributed by atoms with Crippen LogP contribution in [0.5, 0.6) is 0 Å². The molecule has 1 aliphatic rings. The minimum absolute atomic E-state index is 0.238. The number of carbonyl (C=O) groups is 1. The number of Topliss-reactive ketones (excluding diaryl/α,β-unsaturated/α-hetero) is 1. The summed E-state index contributed by atoms with van der Waals surface area (Å²) in [7, 11) is 0. The van der Waals surface area contributed by atoms with Gasteiger partial charge in [0.2, 0.25) is 6.54 Å². The Hall–Kier alpha value is -2.17. The Morgan fingerprint density at radius 2 is 1.94 bits per heavy atom. The first-order chi connectivity index (χ1) is 8.59. The van der Waals surface area contributed by atoms with Crippen molar-refractivity contribution in [2.24, 2.45) is 0 Å². The van der Waals surface area contributed by atoms with Crippen LogP contribution >= 0.6 is 0 Å². The van der Waals surface area contributed by atoms with E-state index in [1.807, 2.05) is 6.07 Å². The van der Waals surface area contributed by atoms with E-state index in [-0.39, 0.29) is 24.5 Å². The highest BCUT2D eigenvalue weighted by Gasteiger charge is 2.32. The van der Waals surface area contributed by atoms with Crippen molar-refractivity contribution < 1.29 is 14.8 Å². The van der Waals surface area contributed by atoms with Crippen LogP contribution in [0.15, 0.2) is 41.7 Å².